The molecule has 3 rings (SSSR count). The van der Waals surface area contributed by atoms with Crippen molar-refractivity contribution in [2.45, 2.75) is 25.7 Å². The van der Waals surface area contributed by atoms with Crippen LogP contribution in [0.5, 0.6) is 0 Å². The Morgan fingerprint density at radius 2 is 1.68 bits per heavy atom. The average Bonchev–Trinajstić information content (AvgIpc) is 2.59. The van der Waals surface area contributed by atoms with Gasteiger partial charge >= 0.3 is 5.97 Å². The number of aryl methyl sites for hydroxylation is 2. The van der Waals surface area contributed by atoms with Crippen LogP contribution in [0.3, 0.4) is 0 Å². The summed E-state index contributed by atoms with van der Waals surface area (Å²) in [4.78, 5) is 27.8. The van der Waals surface area contributed by atoms with Crippen LogP contribution in [-0.2, 0) is 17.6 Å². The number of esters is 1. The highest BCUT2D eigenvalue weighted by Crippen LogP contribution is 2.22. The lowest BCUT2D eigenvalue weighted by molar-refractivity contribution is 0.0474. The first-order valence-corrected chi connectivity index (χ1v) is 7.46. The third kappa shape index (κ3) is 3.22. The minimum atomic E-state index is -0.506. The predicted octanol–water partition coefficient (Wildman–Crippen LogP) is 3.00. The standard InChI is InChI=1S/C18H17NO3/c20-17(12-22-18(21)14-7-9-19-10-8-14)16-6-5-13-3-1-2-4-15(13)11-16/h5-11H,1-4,12H2. The summed E-state index contributed by atoms with van der Waals surface area (Å²) >= 11 is 0. The van der Waals surface area contributed by atoms with Crippen LogP contribution in [0.1, 0.15) is 44.7 Å². The molecular weight excluding hydrogens is 278 g/mol. The third-order valence-corrected chi connectivity index (χ3v) is 3.92. The second-order valence-electron chi connectivity index (χ2n) is 5.43. The smallest absolute Gasteiger partial charge is 0.338 e. The van der Waals surface area contributed by atoms with E-state index in [1.165, 1.54) is 36.4 Å². The number of rotatable bonds is 4. The molecular formula is C18H17NO3. The largest absolute Gasteiger partial charge is 0.454 e. The molecule has 4 heteroatoms. The lowest BCUT2D eigenvalue weighted by Gasteiger charge is -2.16. The number of fused-ring (bicyclic) bond motifs is 1. The van der Waals surface area contributed by atoms with E-state index in [4.69, 9.17) is 4.74 Å². The van der Waals surface area contributed by atoms with Crippen LogP contribution in [-0.4, -0.2) is 23.3 Å². The second-order valence-corrected chi connectivity index (χ2v) is 5.43. The van der Waals surface area contributed by atoms with E-state index in [9.17, 15) is 9.59 Å². The molecule has 4 nitrogen and oxygen atoms in total. The number of benzene rings is 1. The number of hydrogen-bond acceptors (Lipinski definition) is 4. The van der Waals surface area contributed by atoms with Crippen LogP contribution < -0.4 is 0 Å². The maximum Gasteiger partial charge on any atom is 0.338 e. The zero-order chi connectivity index (χ0) is 15.4. The van der Waals surface area contributed by atoms with Crippen LogP contribution in [0.15, 0.2) is 42.7 Å². The highest BCUT2D eigenvalue weighted by atomic mass is 16.5. The minimum absolute atomic E-state index is 0.171. The van der Waals surface area contributed by atoms with Gasteiger partial charge in [0.25, 0.3) is 0 Å². The van der Waals surface area contributed by atoms with Gasteiger partial charge < -0.3 is 4.74 Å². The fourth-order valence-corrected chi connectivity index (χ4v) is 2.69. The SMILES string of the molecule is O=C(COC(=O)c1ccncc1)c1ccc2c(c1)CCCC2. The molecule has 0 radical (unpaired) electrons. The zero-order valence-corrected chi connectivity index (χ0v) is 12.2. The maximum absolute atomic E-state index is 12.2. The summed E-state index contributed by atoms with van der Waals surface area (Å²) in [5.41, 5.74) is 3.59. The molecule has 1 aliphatic carbocycles. The number of nitrogens with zero attached hydrogens (tertiary/aromatic N) is 1. The van der Waals surface area contributed by atoms with Gasteiger partial charge in [-0.1, -0.05) is 12.1 Å². The Balaban J connectivity index is 1.64. The molecule has 0 atom stereocenters. The van der Waals surface area contributed by atoms with E-state index in [1.54, 1.807) is 12.1 Å². The molecule has 0 amide bonds. The summed E-state index contributed by atoms with van der Waals surface area (Å²) in [6.07, 6.45) is 7.52. The number of pyridine rings is 1. The van der Waals surface area contributed by atoms with Gasteiger partial charge in [0.1, 0.15) is 0 Å². The third-order valence-electron chi connectivity index (χ3n) is 3.92. The van der Waals surface area contributed by atoms with E-state index >= 15 is 0 Å². The van der Waals surface area contributed by atoms with Gasteiger partial charge in [0.05, 0.1) is 5.56 Å². The summed E-state index contributed by atoms with van der Waals surface area (Å²) in [6.45, 7) is -0.236. The van der Waals surface area contributed by atoms with E-state index in [1.807, 2.05) is 18.2 Å². The zero-order valence-electron chi connectivity index (χ0n) is 12.2. The molecule has 1 aliphatic rings. The minimum Gasteiger partial charge on any atom is -0.454 e. The molecule has 0 spiro atoms. The Labute approximate surface area is 129 Å². The van der Waals surface area contributed by atoms with Crippen LogP contribution in [0.4, 0.5) is 0 Å². The monoisotopic (exact) mass is 295 g/mol. The lowest BCUT2D eigenvalue weighted by Crippen LogP contribution is -2.15. The first-order chi connectivity index (χ1) is 10.7. The summed E-state index contributed by atoms with van der Waals surface area (Å²) < 4.78 is 5.07. The Kier molecular flexibility index (Phi) is 4.28. The van der Waals surface area contributed by atoms with Crippen molar-refractivity contribution in [3.63, 3.8) is 0 Å². The first kappa shape index (κ1) is 14.4. The fraction of sp³-hybridized carbons (Fsp3) is 0.278. The molecule has 22 heavy (non-hydrogen) atoms. The Morgan fingerprint density at radius 1 is 0.955 bits per heavy atom. The van der Waals surface area contributed by atoms with Crippen molar-refractivity contribution in [1.82, 2.24) is 4.98 Å². The molecule has 0 unspecified atom stereocenters. The van der Waals surface area contributed by atoms with E-state index in [2.05, 4.69) is 4.98 Å². The molecule has 1 aromatic heterocycles. The van der Waals surface area contributed by atoms with Gasteiger partial charge in [-0.15, -0.1) is 0 Å². The Bertz CT molecular complexity index is 695. The van der Waals surface area contributed by atoms with Crippen molar-refractivity contribution in [3.05, 3.63) is 65.0 Å². The molecule has 2 aromatic rings. The van der Waals surface area contributed by atoms with Gasteiger partial charge in [-0.25, -0.2) is 4.79 Å². The normalized spacial score (nSPS) is 13.3. The predicted molar refractivity (Wildman–Crippen MR) is 81.9 cm³/mol. The molecule has 0 fully saturated rings. The van der Waals surface area contributed by atoms with E-state index in [-0.39, 0.29) is 12.4 Å². The number of Topliss-reactive ketones (excluding diaryl/α,β-unsaturated/α-hetero) is 1. The van der Waals surface area contributed by atoms with Gasteiger partial charge in [-0.05, 0) is 55.0 Å². The molecule has 0 N–H and O–H groups in total. The van der Waals surface area contributed by atoms with Gasteiger partial charge in [0.2, 0.25) is 0 Å². The molecule has 1 aromatic carbocycles. The lowest BCUT2D eigenvalue weighted by atomic mass is 9.90. The summed E-state index contributed by atoms with van der Waals surface area (Å²) in [5, 5.41) is 0. The molecule has 0 saturated carbocycles. The van der Waals surface area contributed by atoms with Gasteiger partial charge in [-0.2, -0.15) is 0 Å². The maximum atomic E-state index is 12.2. The van der Waals surface area contributed by atoms with Crippen LogP contribution >= 0.6 is 0 Å². The van der Waals surface area contributed by atoms with Gasteiger partial charge in [-0.3, -0.25) is 9.78 Å². The number of ketones is 1. The molecule has 0 saturated heterocycles. The number of ether oxygens (including phenoxy) is 1. The van der Waals surface area contributed by atoms with E-state index in [0.717, 1.165) is 12.8 Å². The average molecular weight is 295 g/mol. The van der Waals surface area contributed by atoms with Crippen LogP contribution in [0, 0.1) is 0 Å². The Morgan fingerprint density at radius 3 is 2.45 bits per heavy atom. The molecule has 1 heterocycles. The number of aromatic nitrogens is 1. The van der Waals surface area contributed by atoms with Crippen LogP contribution in [0.25, 0.3) is 0 Å². The second kappa shape index (κ2) is 6.52. The molecule has 0 aliphatic heterocycles. The van der Waals surface area contributed by atoms with Crippen molar-refractivity contribution >= 4 is 11.8 Å². The number of carbonyl (C=O) groups excluding carboxylic acids is 2. The van der Waals surface area contributed by atoms with E-state index in [0.29, 0.717) is 11.1 Å². The summed E-state index contributed by atoms with van der Waals surface area (Å²) in [5.74, 6) is -0.676. The highest BCUT2D eigenvalue weighted by Gasteiger charge is 2.15. The quantitative estimate of drug-likeness (QED) is 0.642. The number of carbonyl (C=O) groups is 2. The molecule has 112 valence electrons. The summed E-state index contributed by atoms with van der Waals surface area (Å²) in [7, 11) is 0. The fourth-order valence-electron chi connectivity index (χ4n) is 2.69. The van der Waals surface area contributed by atoms with Crippen molar-refractivity contribution in [1.29, 1.82) is 0 Å². The van der Waals surface area contributed by atoms with Crippen molar-refractivity contribution in [2.24, 2.45) is 0 Å². The highest BCUT2D eigenvalue weighted by molar-refractivity contribution is 5.99. The number of hydrogen-bond donors (Lipinski definition) is 0. The van der Waals surface area contributed by atoms with Gasteiger partial charge in [0, 0.05) is 18.0 Å². The first-order valence-electron chi connectivity index (χ1n) is 7.46. The van der Waals surface area contributed by atoms with Crippen molar-refractivity contribution < 1.29 is 14.3 Å². The van der Waals surface area contributed by atoms with Crippen molar-refractivity contribution in [2.75, 3.05) is 6.61 Å². The van der Waals surface area contributed by atoms with Gasteiger partial charge in [0.15, 0.2) is 12.4 Å². The summed E-state index contributed by atoms with van der Waals surface area (Å²) in [6, 6.07) is 8.91. The Hall–Kier alpha value is -2.49. The molecule has 0 bridgehead atoms. The topological polar surface area (TPSA) is 56.3 Å². The van der Waals surface area contributed by atoms with Crippen LogP contribution in [0.2, 0.25) is 0 Å². The van der Waals surface area contributed by atoms with Crippen molar-refractivity contribution in [3.8, 4) is 0 Å². The van der Waals surface area contributed by atoms with E-state index < -0.39 is 5.97 Å².